The van der Waals surface area contributed by atoms with E-state index in [1.807, 2.05) is 0 Å². The second kappa shape index (κ2) is 5.92. The fourth-order valence-corrected chi connectivity index (χ4v) is 3.35. The molecule has 1 aliphatic carbocycles. The van der Waals surface area contributed by atoms with Gasteiger partial charge >= 0.3 is 0 Å². The summed E-state index contributed by atoms with van der Waals surface area (Å²) < 4.78 is 2.13. The van der Waals surface area contributed by atoms with E-state index in [4.69, 9.17) is 0 Å². The fourth-order valence-electron chi connectivity index (χ4n) is 3.35. The van der Waals surface area contributed by atoms with Gasteiger partial charge in [-0.05, 0) is 42.2 Å². The van der Waals surface area contributed by atoms with Crippen molar-refractivity contribution in [3.05, 3.63) is 24.0 Å². The first-order valence-electron chi connectivity index (χ1n) is 7.40. The molecule has 0 spiro atoms. The van der Waals surface area contributed by atoms with Crippen LogP contribution >= 0.6 is 0 Å². The highest BCUT2D eigenvalue weighted by Crippen LogP contribution is 2.33. The summed E-state index contributed by atoms with van der Waals surface area (Å²) in [6, 6.07) is 2.91. The molecule has 1 heterocycles. The summed E-state index contributed by atoms with van der Waals surface area (Å²) in [6.45, 7) is 8.16. The second-order valence-corrected chi connectivity index (χ2v) is 6.50. The minimum absolute atomic E-state index is 0.703. The van der Waals surface area contributed by atoms with Gasteiger partial charge in [-0.1, -0.05) is 27.2 Å². The third kappa shape index (κ3) is 3.38. The van der Waals surface area contributed by atoms with Crippen molar-refractivity contribution < 1.29 is 0 Å². The summed E-state index contributed by atoms with van der Waals surface area (Å²) in [6.07, 6.45) is 8.48. The lowest BCUT2D eigenvalue weighted by molar-refractivity contribution is 0.169. The average molecular weight is 248 g/mol. The zero-order valence-electron chi connectivity index (χ0n) is 12.3. The summed E-state index contributed by atoms with van der Waals surface area (Å²) in [5, 5.41) is 3.80. The number of nitrogens with one attached hydrogen (secondary N) is 1. The third-order valence-corrected chi connectivity index (χ3v) is 4.48. The molecule has 2 nitrogen and oxygen atoms in total. The molecular weight excluding hydrogens is 220 g/mol. The van der Waals surface area contributed by atoms with Crippen LogP contribution in [0, 0.1) is 17.8 Å². The first-order chi connectivity index (χ1) is 8.56. The van der Waals surface area contributed by atoms with Crippen LogP contribution in [0.5, 0.6) is 0 Å². The van der Waals surface area contributed by atoms with E-state index in [2.05, 4.69) is 56.2 Å². The Morgan fingerprint density at radius 3 is 2.78 bits per heavy atom. The summed E-state index contributed by atoms with van der Waals surface area (Å²) in [7, 11) is 2.09. The van der Waals surface area contributed by atoms with Gasteiger partial charge in [-0.15, -0.1) is 0 Å². The molecular formula is C16H28N2. The largest absolute Gasteiger partial charge is 0.357 e. The molecule has 1 aromatic rings. The molecule has 102 valence electrons. The van der Waals surface area contributed by atoms with Gasteiger partial charge in [-0.2, -0.15) is 0 Å². The van der Waals surface area contributed by atoms with Crippen molar-refractivity contribution >= 4 is 0 Å². The van der Waals surface area contributed by atoms with Gasteiger partial charge in [-0.3, -0.25) is 0 Å². The number of hydrogen-bond acceptors (Lipinski definition) is 1. The molecule has 1 aliphatic rings. The topological polar surface area (TPSA) is 17.0 Å². The maximum absolute atomic E-state index is 3.80. The minimum atomic E-state index is 0.703. The highest BCUT2D eigenvalue weighted by atomic mass is 14.9. The van der Waals surface area contributed by atoms with Crippen LogP contribution in [-0.2, 0) is 13.6 Å². The lowest BCUT2D eigenvalue weighted by Crippen LogP contribution is -2.42. The standard InChI is InChI=1S/C16H28N2/c1-12(2)15-6-5-13(3)9-16(15)17-10-14-7-8-18(4)11-14/h7-8,11-13,15-17H,5-6,9-10H2,1-4H3. The van der Waals surface area contributed by atoms with Crippen molar-refractivity contribution in [2.45, 2.75) is 52.6 Å². The van der Waals surface area contributed by atoms with Crippen molar-refractivity contribution in [1.82, 2.24) is 9.88 Å². The van der Waals surface area contributed by atoms with Crippen LogP contribution in [0.15, 0.2) is 18.5 Å². The maximum Gasteiger partial charge on any atom is 0.0223 e. The van der Waals surface area contributed by atoms with E-state index < -0.39 is 0 Å². The van der Waals surface area contributed by atoms with E-state index >= 15 is 0 Å². The zero-order valence-corrected chi connectivity index (χ0v) is 12.3. The van der Waals surface area contributed by atoms with Crippen molar-refractivity contribution in [2.24, 2.45) is 24.8 Å². The highest BCUT2D eigenvalue weighted by Gasteiger charge is 2.30. The van der Waals surface area contributed by atoms with Crippen LogP contribution in [0.2, 0.25) is 0 Å². The first-order valence-corrected chi connectivity index (χ1v) is 7.40. The smallest absolute Gasteiger partial charge is 0.0223 e. The lowest BCUT2D eigenvalue weighted by Gasteiger charge is -2.38. The Kier molecular flexibility index (Phi) is 4.50. The van der Waals surface area contributed by atoms with E-state index in [9.17, 15) is 0 Å². The molecule has 0 aromatic carbocycles. The summed E-state index contributed by atoms with van der Waals surface area (Å²) in [5.41, 5.74) is 1.40. The summed E-state index contributed by atoms with van der Waals surface area (Å²) in [4.78, 5) is 0. The molecule has 1 saturated carbocycles. The van der Waals surface area contributed by atoms with Crippen LogP contribution < -0.4 is 5.32 Å². The SMILES string of the molecule is CC1CCC(C(C)C)C(NCc2ccn(C)c2)C1. The van der Waals surface area contributed by atoms with Crippen LogP contribution in [0.3, 0.4) is 0 Å². The number of aromatic nitrogens is 1. The minimum Gasteiger partial charge on any atom is -0.357 e. The van der Waals surface area contributed by atoms with Crippen LogP contribution in [0.25, 0.3) is 0 Å². The molecule has 18 heavy (non-hydrogen) atoms. The molecule has 3 unspecified atom stereocenters. The van der Waals surface area contributed by atoms with Crippen molar-refractivity contribution in [3.8, 4) is 0 Å². The van der Waals surface area contributed by atoms with Gasteiger partial charge in [-0.25, -0.2) is 0 Å². The van der Waals surface area contributed by atoms with Crippen molar-refractivity contribution in [2.75, 3.05) is 0 Å². The normalized spacial score (nSPS) is 28.8. The Labute approximate surface area is 112 Å². The number of nitrogens with zero attached hydrogens (tertiary/aromatic N) is 1. The number of hydrogen-bond donors (Lipinski definition) is 1. The Hall–Kier alpha value is -0.760. The summed E-state index contributed by atoms with van der Waals surface area (Å²) in [5.74, 6) is 2.53. The van der Waals surface area contributed by atoms with Crippen LogP contribution in [0.4, 0.5) is 0 Å². The predicted molar refractivity (Wildman–Crippen MR) is 77.4 cm³/mol. The molecule has 2 rings (SSSR count). The van der Waals surface area contributed by atoms with Gasteiger partial charge in [0.2, 0.25) is 0 Å². The molecule has 1 N–H and O–H groups in total. The van der Waals surface area contributed by atoms with Gasteiger partial charge in [0.1, 0.15) is 0 Å². The number of aryl methyl sites for hydroxylation is 1. The third-order valence-electron chi connectivity index (χ3n) is 4.48. The monoisotopic (exact) mass is 248 g/mol. The average Bonchev–Trinajstić information content (AvgIpc) is 2.72. The van der Waals surface area contributed by atoms with Gasteiger partial charge in [0.15, 0.2) is 0 Å². The van der Waals surface area contributed by atoms with Crippen molar-refractivity contribution in [1.29, 1.82) is 0 Å². The van der Waals surface area contributed by atoms with Gasteiger partial charge in [0, 0.05) is 32.0 Å². The summed E-state index contributed by atoms with van der Waals surface area (Å²) >= 11 is 0. The van der Waals surface area contributed by atoms with Gasteiger partial charge in [0.05, 0.1) is 0 Å². The highest BCUT2D eigenvalue weighted by molar-refractivity contribution is 5.09. The molecule has 0 saturated heterocycles. The van der Waals surface area contributed by atoms with Crippen LogP contribution in [-0.4, -0.2) is 10.6 Å². The Bertz CT molecular complexity index is 367. The van der Waals surface area contributed by atoms with E-state index in [0.717, 1.165) is 24.3 Å². The molecule has 0 amide bonds. The molecule has 3 atom stereocenters. The van der Waals surface area contributed by atoms with Gasteiger partial charge in [0.25, 0.3) is 0 Å². The lowest BCUT2D eigenvalue weighted by atomic mass is 9.74. The zero-order chi connectivity index (χ0) is 13.1. The van der Waals surface area contributed by atoms with Gasteiger partial charge < -0.3 is 9.88 Å². The Balaban J connectivity index is 1.92. The quantitative estimate of drug-likeness (QED) is 0.862. The van der Waals surface area contributed by atoms with E-state index in [1.165, 1.54) is 24.8 Å². The van der Waals surface area contributed by atoms with E-state index in [1.54, 1.807) is 0 Å². The molecule has 1 fully saturated rings. The predicted octanol–water partition coefficient (Wildman–Crippen LogP) is 3.58. The van der Waals surface area contributed by atoms with Crippen molar-refractivity contribution in [3.63, 3.8) is 0 Å². The number of rotatable bonds is 4. The first kappa shape index (κ1) is 13.7. The van der Waals surface area contributed by atoms with Crippen LogP contribution in [0.1, 0.15) is 45.6 Å². The second-order valence-electron chi connectivity index (χ2n) is 6.50. The molecule has 0 aliphatic heterocycles. The molecule has 2 heteroatoms. The van der Waals surface area contributed by atoms with E-state index in [-0.39, 0.29) is 0 Å². The molecule has 1 aromatic heterocycles. The fraction of sp³-hybridized carbons (Fsp3) is 0.750. The Morgan fingerprint density at radius 1 is 1.39 bits per heavy atom. The molecule has 0 radical (unpaired) electrons. The maximum atomic E-state index is 3.80. The molecule has 0 bridgehead atoms. The Morgan fingerprint density at radius 2 is 2.17 bits per heavy atom. The van der Waals surface area contributed by atoms with E-state index in [0.29, 0.717) is 6.04 Å².